The Bertz CT molecular complexity index is 1500. The first-order valence-corrected chi connectivity index (χ1v) is 11.4. The van der Waals surface area contributed by atoms with Crippen molar-refractivity contribution in [2.24, 2.45) is 0 Å². The molecule has 2 atom stereocenters. The van der Waals surface area contributed by atoms with Crippen LogP contribution in [0.4, 0.5) is 27.8 Å². The number of rotatable bonds is 5. The lowest BCUT2D eigenvalue weighted by Gasteiger charge is -2.19. The number of nitrogen functional groups attached to an aromatic ring is 1. The van der Waals surface area contributed by atoms with Gasteiger partial charge in [-0.05, 0) is 18.4 Å². The third kappa shape index (κ3) is 4.92. The molecule has 1 aliphatic heterocycles. The summed E-state index contributed by atoms with van der Waals surface area (Å²) in [6.45, 7) is 3.75. The second-order valence-electron chi connectivity index (χ2n) is 8.52. The highest BCUT2D eigenvalue weighted by Gasteiger charge is 2.42. The van der Waals surface area contributed by atoms with Crippen LogP contribution in [0.1, 0.15) is 35.4 Å². The average Bonchev–Trinajstić information content (AvgIpc) is 3.54. The molecule has 0 bridgehead atoms. The molecule has 1 aliphatic rings. The molecule has 1 amide bonds. The molecule has 3 heterocycles. The van der Waals surface area contributed by atoms with Crippen molar-refractivity contribution in [2.45, 2.75) is 24.7 Å². The van der Waals surface area contributed by atoms with Gasteiger partial charge in [-0.2, -0.15) is 18.3 Å². The highest BCUT2D eigenvalue weighted by atomic mass is 19.4. The van der Waals surface area contributed by atoms with Crippen LogP contribution >= 0.6 is 0 Å². The number of alkyl halides is 3. The lowest BCUT2D eigenvalue weighted by molar-refractivity contribution is -0.206. The van der Waals surface area contributed by atoms with E-state index in [1.165, 1.54) is 9.58 Å². The fourth-order valence-electron chi connectivity index (χ4n) is 4.33. The van der Waals surface area contributed by atoms with E-state index in [0.717, 1.165) is 32.6 Å². The number of likely N-dealkylation sites (tertiary alicyclic amines) is 1. The Kier molecular flexibility index (Phi) is 7.38. The minimum absolute atomic E-state index is 0.0641. The maximum Gasteiger partial charge on any atom is 0.418 e. The fraction of sp³-hybridized carbons (Fsp3) is 0.320. The van der Waals surface area contributed by atoms with Crippen molar-refractivity contribution in [1.82, 2.24) is 19.7 Å². The molecule has 14 heteroatoms. The van der Waals surface area contributed by atoms with Crippen molar-refractivity contribution < 1.29 is 41.3 Å². The molecule has 0 radical (unpaired) electrons. The summed E-state index contributed by atoms with van der Waals surface area (Å²) in [5.74, 6) is 1.12. The Hall–Kier alpha value is -4.38. The minimum Gasteiger partial charge on any atom is -0.493 e. The van der Waals surface area contributed by atoms with E-state index in [9.17, 15) is 31.9 Å². The minimum atomic E-state index is -5.06. The van der Waals surface area contributed by atoms with Crippen molar-refractivity contribution in [2.75, 3.05) is 33.0 Å². The zero-order valence-electron chi connectivity index (χ0n) is 20.6. The van der Waals surface area contributed by atoms with Crippen molar-refractivity contribution in [1.29, 1.82) is 0 Å². The first-order valence-electron chi connectivity index (χ1n) is 11.4. The van der Waals surface area contributed by atoms with Crippen LogP contribution in [0.15, 0.2) is 24.9 Å². The van der Waals surface area contributed by atoms with E-state index in [2.05, 4.69) is 28.5 Å². The predicted molar refractivity (Wildman–Crippen MR) is 129 cm³/mol. The molecule has 39 heavy (non-hydrogen) atoms. The number of aliphatic hydroxyl groups excluding tert-OH is 1. The van der Waals surface area contributed by atoms with E-state index >= 15 is 0 Å². The number of hydrogen-bond donors (Lipinski definition) is 2. The monoisotopic (exact) mass is 551 g/mol. The molecule has 3 N–H and O–H groups in total. The molecular formula is C25H22F5N5O4. The van der Waals surface area contributed by atoms with Gasteiger partial charge in [0.25, 0.3) is 0 Å². The third-order valence-corrected chi connectivity index (χ3v) is 6.26. The molecule has 1 unspecified atom stereocenters. The largest absolute Gasteiger partial charge is 0.493 e. The number of nitrogens with two attached hydrogens (primary N) is 1. The summed E-state index contributed by atoms with van der Waals surface area (Å²) < 4.78 is 81.4. The van der Waals surface area contributed by atoms with Gasteiger partial charge in [-0.15, -0.1) is 0 Å². The lowest BCUT2D eigenvalue weighted by Crippen LogP contribution is -2.27. The van der Waals surface area contributed by atoms with E-state index in [0.29, 0.717) is 6.42 Å². The van der Waals surface area contributed by atoms with Gasteiger partial charge in [-0.3, -0.25) is 9.48 Å². The molecule has 0 spiro atoms. The van der Waals surface area contributed by atoms with Crippen LogP contribution in [0.3, 0.4) is 0 Å². The fourth-order valence-corrected chi connectivity index (χ4v) is 4.33. The quantitative estimate of drug-likeness (QED) is 0.284. The molecule has 9 nitrogen and oxygen atoms in total. The number of benzene rings is 1. The smallest absolute Gasteiger partial charge is 0.418 e. The number of carbonyl (C=O) groups excluding carboxylic acids is 1. The average molecular weight is 551 g/mol. The Morgan fingerprint density at radius 1 is 1.26 bits per heavy atom. The number of hydrogen-bond acceptors (Lipinski definition) is 7. The third-order valence-electron chi connectivity index (χ3n) is 6.26. The normalized spacial score (nSPS) is 16.1. The number of fused-ring (bicyclic) bond motifs is 1. The standard InChI is InChI=1S/C25H22F5N5O4/c1-4-18(36)34-8-7-12(11-34)35-22-14(23(37)25(28,29)30)10-32-24(31)19(22)15(33-35)6-5-13-20(26)16(38-2)9-17(39-3)21(13)27/h4,9-10,12,23,37H,1,7-8,11H2,2-3H3,(H2,31,32)/t12?,23-/m1/s1. The maximum absolute atomic E-state index is 14.9. The van der Waals surface area contributed by atoms with Crippen LogP contribution in [-0.2, 0) is 4.79 Å². The second kappa shape index (κ2) is 10.4. The van der Waals surface area contributed by atoms with Crippen LogP contribution < -0.4 is 15.2 Å². The van der Waals surface area contributed by atoms with E-state index < -0.39 is 41.1 Å². The predicted octanol–water partition coefficient (Wildman–Crippen LogP) is 3.26. The number of aliphatic hydroxyl groups is 1. The number of halogens is 5. The highest BCUT2D eigenvalue weighted by molar-refractivity contribution is 5.95. The van der Waals surface area contributed by atoms with Crippen molar-refractivity contribution >= 4 is 22.6 Å². The molecule has 206 valence electrons. The summed E-state index contributed by atoms with van der Waals surface area (Å²) >= 11 is 0. The molecule has 0 saturated carbocycles. The van der Waals surface area contributed by atoms with Crippen molar-refractivity contribution in [3.63, 3.8) is 0 Å². The lowest BCUT2D eigenvalue weighted by atomic mass is 10.1. The Labute approximate surface area is 218 Å². The topological polar surface area (TPSA) is 116 Å². The van der Waals surface area contributed by atoms with Crippen molar-refractivity contribution in [3.8, 4) is 23.3 Å². The number of carbonyl (C=O) groups is 1. The van der Waals surface area contributed by atoms with E-state index in [1.54, 1.807) is 0 Å². The number of methoxy groups -OCH3 is 2. The van der Waals surface area contributed by atoms with E-state index in [-0.39, 0.29) is 52.9 Å². The van der Waals surface area contributed by atoms with Crippen LogP contribution in [0.2, 0.25) is 0 Å². The second-order valence-corrected chi connectivity index (χ2v) is 8.52. The summed E-state index contributed by atoms with van der Waals surface area (Å²) in [5.41, 5.74) is 4.14. The summed E-state index contributed by atoms with van der Waals surface area (Å²) in [6, 6.07) is 0.349. The van der Waals surface area contributed by atoms with E-state index in [4.69, 9.17) is 15.2 Å². The summed E-state index contributed by atoms with van der Waals surface area (Å²) in [7, 11) is 2.31. The number of nitrogens with zero attached hydrogens (tertiary/aromatic N) is 4. The Morgan fingerprint density at radius 3 is 2.46 bits per heavy atom. The number of pyridine rings is 1. The SMILES string of the molecule is C=CC(=O)N1CCC(n2nc(C#Cc3c(F)c(OC)cc(OC)c3F)c3c(N)ncc([C@@H](O)C(F)(F)F)c32)C1. The number of ether oxygens (including phenoxy) is 2. The maximum atomic E-state index is 14.9. The van der Waals surface area contributed by atoms with Crippen LogP contribution in [-0.4, -0.2) is 64.2 Å². The van der Waals surface area contributed by atoms with Gasteiger partial charge in [0, 0.05) is 30.9 Å². The van der Waals surface area contributed by atoms with Gasteiger partial charge in [0.1, 0.15) is 17.1 Å². The number of anilines is 1. The van der Waals surface area contributed by atoms with Crippen LogP contribution in [0.25, 0.3) is 10.9 Å². The zero-order valence-corrected chi connectivity index (χ0v) is 20.6. The van der Waals surface area contributed by atoms with Gasteiger partial charge < -0.3 is 25.2 Å². The highest BCUT2D eigenvalue weighted by Crippen LogP contribution is 2.39. The van der Waals surface area contributed by atoms with Gasteiger partial charge in [0.2, 0.25) is 5.91 Å². The van der Waals surface area contributed by atoms with Gasteiger partial charge in [-0.25, -0.2) is 13.8 Å². The van der Waals surface area contributed by atoms with Crippen molar-refractivity contribution in [3.05, 3.63) is 53.4 Å². The molecule has 0 aliphatic carbocycles. The Balaban J connectivity index is 1.96. The van der Waals surface area contributed by atoms with Crippen LogP contribution in [0, 0.1) is 23.5 Å². The summed E-state index contributed by atoms with van der Waals surface area (Å²) in [4.78, 5) is 17.3. The van der Waals surface area contributed by atoms with Gasteiger partial charge in [0.15, 0.2) is 29.2 Å². The number of amides is 1. The first kappa shape index (κ1) is 27.6. The zero-order chi connectivity index (χ0) is 28.6. The molecule has 1 saturated heterocycles. The van der Waals surface area contributed by atoms with Gasteiger partial charge in [-0.1, -0.05) is 12.5 Å². The molecular weight excluding hydrogens is 529 g/mol. The molecule has 1 fully saturated rings. The van der Waals surface area contributed by atoms with Crippen LogP contribution in [0.5, 0.6) is 11.5 Å². The number of aromatic nitrogens is 3. The molecule has 3 aromatic rings. The molecule has 1 aromatic carbocycles. The van der Waals surface area contributed by atoms with Gasteiger partial charge in [0.05, 0.1) is 31.2 Å². The summed E-state index contributed by atoms with van der Waals surface area (Å²) in [6.07, 6.45) is -5.83. The summed E-state index contributed by atoms with van der Waals surface area (Å²) in [5, 5.41) is 14.3. The van der Waals surface area contributed by atoms with Gasteiger partial charge >= 0.3 is 6.18 Å². The molecule has 2 aromatic heterocycles. The van der Waals surface area contributed by atoms with E-state index in [1.807, 2.05) is 0 Å². The Morgan fingerprint density at radius 2 is 1.90 bits per heavy atom. The molecule has 4 rings (SSSR count). The first-order chi connectivity index (χ1) is 18.4.